The SMILES string of the molecule is NCCOc1ccc(C/C(C(=O)O)=C(/C(=O)O)C2CCC(O)CC2)cc1.[H-].[H-].[Na+].[Na+]. The topological polar surface area (TPSA) is 130 Å². The molecule has 1 saturated carbocycles. The van der Waals surface area contributed by atoms with Gasteiger partial charge in [0.25, 0.3) is 0 Å². The van der Waals surface area contributed by atoms with Crippen LogP contribution in [0.3, 0.4) is 0 Å². The van der Waals surface area contributed by atoms with Crippen molar-refractivity contribution < 1.29 is 91.6 Å². The van der Waals surface area contributed by atoms with E-state index in [2.05, 4.69) is 0 Å². The number of hydrogen-bond acceptors (Lipinski definition) is 5. The molecule has 146 valence electrons. The molecule has 1 fully saturated rings. The van der Waals surface area contributed by atoms with Crippen molar-refractivity contribution in [2.24, 2.45) is 11.7 Å². The zero-order chi connectivity index (χ0) is 19.1. The molecule has 0 unspecified atom stereocenters. The number of aliphatic carboxylic acids is 2. The van der Waals surface area contributed by atoms with E-state index in [1.807, 2.05) is 0 Å². The molecule has 7 nitrogen and oxygen atoms in total. The number of aliphatic hydroxyl groups excluding tert-OH is 1. The summed E-state index contributed by atoms with van der Waals surface area (Å²) < 4.78 is 5.38. The van der Waals surface area contributed by atoms with Gasteiger partial charge in [0.2, 0.25) is 0 Å². The first-order valence-electron chi connectivity index (χ1n) is 8.71. The van der Waals surface area contributed by atoms with Crippen molar-refractivity contribution >= 4 is 11.9 Å². The van der Waals surface area contributed by atoms with Crippen LogP contribution in [0.2, 0.25) is 0 Å². The van der Waals surface area contributed by atoms with Crippen molar-refractivity contribution in [3.8, 4) is 5.75 Å². The van der Waals surface area contributed by atoms with Gasteiger partial charge in [-0.1, -0.05) is 12.1 Å². The van der Waals surface area contributed by atoms with Crippen LogP contribution in [-0.2, 0) is 16.0 Å². The van der Waals surface area contributed by atoms with Gasteiger partial charge in [-0.05, 0) is 49.3 Å². The summed E-state index contributed by atoms with van der Waals surface area (Å²) in [7, 11) is 0. The number of carboxylic acids is 2. The van der Waals surface area contributed by atoms with Crippen LogP contribution in [0.1, 0.15) is 34.1 Å². The van der Waals surface area contributed by atoms with Crippen LogP contribution in [0.15, 0.2) is 35.4 Å². The monoisotopic (exact) mass is 411 g/mol. The molecule has 0 amide bonds. The Morgan fingerprint density at radius 1 is 1.04 bits per heavy atom. The minimum absolute atomic E-state index is 0. The third-order valence-electron chi connectivity index (χ3n) is 4.61. The second-order valence-corrected chi connectivity index (χ2v) is 6.47. The minimum atomic E-state index is -1.23. The number of hydrogen-bond donors (Lipinski definition) is 4. The van der Waals surface area contributed by atoms with E-state index >= 15 is 0 Å². The molecule has 0 aliphatic heterocycles. The zero-order valence-electron chi connectivity index (χ0n) is 18.6. The van der Waals surface area contributed by atoms with Gasteiger partial charge in [-0.2, -0.15) is 0 Å². The van der Waals surface area contributed by atoms with Gasteiger partial charge >= 0.3 is 71.1 Å². The quantitative estimate of drug-likeness (QED) is 0.252. The van der Waals surface area contributed by atoms with Crippen LogP contribution in [-0.4, -0.2) is 46.5 Å². The Labute approximate surface area is 211 Å². The molecular weight excluding hydrogens is 384 g/mol. The van der Waals surface area contributed by atoms with E-state index in [4.69, 9.17) is 10.5 Å². The van der Waals surface area contributed by atoms with Gasteiger partial charge < -0.3 is 28.6 Å². The summed E-state index contributed by atoms with van der Waals surface area (Å²) in [6.45, 7) is 0.780. The van der Waals surface area contributed by atoms with Gasteiger partial charge in [-0.25, -0.2) is 9.59 Å². The van der Waals surface area contributed by atoms with Crippen LogP contribution in [0.5, 0.6) is 5.75 Å². The van der Waals surface area contributed by atoms with Gasteiger partial charge in [0, 0.05) is 13.0 Å². The number of nitrogens with two attached hydrogens (primary N) is 1. The largest absolute Gasteiger partial charge is 1.00 e. The Bertz CT molecular complexity index is 680. The fourth-order valence-electron chi connectivity index (χ4n) is 3.29. The van der Waals surface area contributed by atoms with Crippen molar-refractivity contribution in [1.82, 2.24) is 0 Å². The molecule has 9 heteroatoms. The third-order valence-corrected chi connectivity index (χ3v) is 4.61. The van der Waals surface area contributed by atoms with Gasteiger partial charge in [0.15, 0.2) is 0 Å². The second kappa shape index (κ2) is 13.8. The number of ether oxygens (including phenoxy) is 1. The van der Waals surface area contributed by atoms with Crippen LogP contribution in [0.4, 0.5) is 0 Å². The fraction of sp³-hybridized carbons (Fsp3) is 0.474. The van der Waals surface area contributed by atoms with E-state index in [1.165, 1.54) is 0 Å². The number of benzene rings is 1. The fourth-order valence-corrected chi connectivity index (χ4v) is 3.29. The van der Waals surface area contributed by atoms with Crippen LogP contribution < -0.4 is 69.6 Å². The predicted octanol–water partition coefficient (Wildman–Crippen LogP) is -4.18. The molecular formula is C19H27NNa2O6. The maximum atomic E-state index is 11.8. The Hall–Kier alpha value is -0.380. The Kier molecular flexibility index (Phi) is 13.6. The Morgan fingerprint density at radius 2 is 1.61 bits per heavy atom. The van der Waals surface area contributed by atoms with E-state index in [0.29, 0.717) is 50.1 Å². The summed E-state index contributed by atoms with van der Waals surface area (Å²) in [4.78, 5) is 23.5. The maximum absolute atomic E-state index is 11.8. The molecule has 28 heavy (non-hydrogen) atoms. The van der Waals surface area contributed by atoms with E-state index < -0.39 is 18.0 Å². The number of aliphatic hydroxyl groups is 1. The normalized spacial score (nSPS) is 19.5. The first-order chi connectivity index (χ1) is 12.4. The molecule has 1 aliphatic rings. The number of carboxylic acid groups (broad SMARTS) is 2. The van der Waals surface area contributed by atoms with Crippen molar-refractivity contribution in [3.63, 3.8) is 0 Å². The molecule has 2 rings (SSSR count). The van der Waals surface area contributed by atoms with Crippen molar-refractivity contribution in [2.75, 3.05) is 13.2 Å². The van der Waals surface area contributed by atoms with Gasteiger partial charge in [0.1, 0.15) is 12.4 Å². The zero-order valence-corrected chi connectivity index (χ0v) is 20.6. The van der Waals surface area contributed by atoms with Crippen LogP contribution >= 0.6 is 0 Å². The molecule has 0 heterocycles. The van der Waals surface area contributed by atoms with E-state index in [0.717, 1.165) is 0 Å². The molecule has 1 aromatic rings. The average Bonchev–Trinajstić information content (AvgIpc) is 2.61. The van der Waals surface area contributed by atoms with Gasteiger partial charge in [-0.15, -0.1) is 0 Å². The van der Waals surface area contributed by atoms with Crippen LogP contribution in [0, 0.1) is 5.92 Å². The van der Waals surface area contributed by atoms with Crippen molar-refractivity contribution in [1.29, 1.82) is 0 Å². The second-order valence-electron chi connectivity index (χ2n) is 6.47. The van der Waals surface area contributed by atoms with Gasteiger partial charge in [-0.3, -0.25) is 0 Å². The van der Waals surface area contributed by atoms with Crippen molar-refractivity contribution in [3.05, 3.63) is 41.0 Å². The molecule has 0 aromatic heterocycles. The third kappa shape index (κ3) is 8.16. The summed E-state index contributed by atoms with van der Waals surface area (Å²) in [6, 6.07) is 6.86. The van der Waals surface area contributed by atoms with E-state index in [-0.39, 0.29) is 85.5 Å². The van der Waals surface area contributed by atoms with E-state index in [1.54, 1.807) is 24.3 Å². The standard InChI is InChI=1S/C19H25NO6.2Na.2H/c20-9-10-26-15-7-1-12(2-8-15)11-16(18(22)23)17(19(24)25)13-3-5-14(21)6-4-13;;;;/h1-2,7-8,13-14,21H,3-6,9-11,20H2,(H,22,23)(H,24,25);;;;/q;2*+1;2*-1/b17-16-;;;;. The molecule has 0 atom stereocenters. The first-order valence-corrected chi connectivity index (χ1v) is 8.71. The molecule has 0 bridgehead atoms. The number of rotatable bonds is 8. The Morgan fingerprint density at radius 3 is 2.07 bits per heavy atom. The molecule has 0 spiro atoms. The Balaban J connectivity index is -0.00000182. The van der Waals surface area contributed by atoms with Crippen LogP contribution in [0.25, 0.3) is 0 Å². The smallest absolute Gasteiger partial charge is 1.00 e. The predicted molar refractivity (Wildman–Crippen MR) is 97.2 cm³/mol. The maximum Gasteiger partial charge on any atom is 1.00 e. The number of carbonyl (C=O) groups is 2. The summed E-state index contributed by atoms with van der Waals surface area (Å²) >= 11 is 0. The molecule has 0 saturated heterocycles. The molecule has 1 aliphatic carbocycles. The summed E-state index contributed by atoms with van der Waals surface area (Å²) in [5.41, 5.74) is 5.92. The van der Waals surface area contributed by atoms with Crippen molar-refractivity contribution in [2.45, 2.75) is 38.2 Å². The molecule has 1 aromatic carbocycles. The van der Waals surface area contributed by atoms with E-state index in [9.17, 15) is 24.9 Å². The summed E-state index contributed by atoms with van der Waals surface area (Å²) in [5.74, 6) is -2.15. The molecule has 0 radical (unpaired) electrons. The summed E-state index contributed by atoms with van der Waals surface area (Å²) in [5, 5.41) is 28.8. The summed E-state index contributed by atoms with van der Waals surface area (Å²) in [6.07, 6.45) is 1.52. The average molecular weight is 411 g/mol. The van der Waals surface area contributed by atoms with Gasteiger partial charge in [0.05, 0.1) is 17.3 Å². The minimum Gasteiger partial charge on any atom is -1.00 e. The first kappa shape index (κ1) is 27.6. The molecule has 5 N–H and O–H groups in total.